The van der Waals surface area contributed by atoms with Crippen molar-refractivity contribution in [1.82, 2.24) is 24.5 Å². The van der Waals surface area contributed by atoms with Crippen LogP contribution in [0.5, 0.6) is 0 Å². The first-order valence-corrected chi connectivity index (χ1v) is 9.35. The number of pyridine rings is 1. The van der Waals surface area contributed by atoms with Crippen LogP contribution in [0.4, 0.5) is 0 Å². The number of carbonyl (C=O) groups is 1. The number of aryl methyl sites for hydroxylation is 1. The Balaban J connectivity index is 1.57. The number of nitrogens with one attached hydrogen (secondary N) is 1. The Labute approximate surface area is 165 Å². The summed E-state index contributed by atoms with van der Waals surface area (Å²) < 4.78 is 4.96. The molecule has 0 radical (unpaired) electrons. The van der Waals surface area contributed by atoms with E-state index in [1.165, 1.54) is 0 Å². The van der Waals surface area contributed by atoms with Crippen molar-refractivity contribution in [3.63, 3.8) is 0 Å². The highest BCUT2D eigenvalue weighted by molar-refractivity contribution is 9.10. The molecule has 0 aliphatic rings. The maximum Gasteiger partial charge on any atom is 0.253 e. The van der Waals surface area contributed by atoms with Crippen molar-refractivity contribution in [2.45, 2.75) is 20.4 Å². The molecule has 0 unspecified atom stereocenters. The lowest BCUT2D eigenvalue weighted by atomic mass is 10.2. The molecule has 3 aromatic heterocycles. The van der Waals surface area contributed by atoms with Gasteiger partial charge >= 0.3 is 0 Å². The van der Waals surface area contributed by atoms with Gasteiger partial charge in [-0.15, -0.1) is 10.2 Å². The van der Waals surface area contributed by atoms with E-state index in [4.69, 9.17) is 0 Å². The number of rotatable bonds is 4. The second kappa shape index (κ2) is 7.00. The summed E-state index contributed by atoms with van der Waals surface area (Å²) in [7, 11) is 0. The van der Waals surface area contributed by atoms with Gasteiger partial charge in [-0.25, -0.2) is 0 Å². The van der Waals surface area contributed by atoms with Gasteiger partial charge in [0.2, 0.25) is 0 Å². The molecule has 4 aromatic rings. The minimum atomic E-state index is -0.126. The summed E-state index contributed by atoms with van der Waals surface area (Å²) in [5, 5.41) is 11.2. The molecule has 0 saturated carbocycles. The molecule has 0 aliphatic carbocycles. The predicted octanol–water partition coefficient (Wildman–Crippen LogP) is 3.83. The van der Waals surface area contributed by atoms with E-state index >= 15 is 0 Å². The highest BCUT2D eigenvalue weighted by atomic mass is 79.9. The summed E-state index contributed by atoms with van der Waals surface area (Å²) in [6.07, 6.45) is 1.89. The summed E-state index contributed by atoms with van der Waals surface area (Å²) in [6, 6.07) is 15.6. The number of nitrogens with zero attached hydrogens (tertiary/aromatic N) is 4. The van der Waals surface area contributed by atoms with E-state index in [1.54, 1.807) is 0 Å². The molecule has 0 saturated heterocycles. The maximum atomic E-state index is 12.8. The molecular weight excluding hydrogens is 406 g/mol. The molecule has 1 N–H and O–H groups in total. The van der Waals surface area contributed by atoms with Gasteiger partial charge in [0.25, 0.3) is 5.91 Å². The van der Waals surface area contributed by atoms with Crippen molar-refractivity contribution in [2.75, 3.05) is 0 Å². The zero-order chi connectivity index (χ0) is 19.0. The summed E-state index contributed by atoms with van der Waals surface area (Å²) in [5.41, 5.74) is 4.35. The lowest BCUT2D eigenvalue weighted by Gasteiger charge is -2.10. The fourth-order valence-corrected chi connectivity index (χ4v) is 3.51. The minimum Gasteiger partial charge on any atom is -0.345 e. The Kier molecular flexibility index (Phi) is 4.53. The monoisotopic (exact) mass is 423 g/mol. The maximum absolute atomic E-state index is 12.8. The Morgan fingerprint density at radius 1 is 1.11 bits per heavy atom. The molecule has 7 heteroatoms. The number of benzene rings is 1. The normalized spacial score (nSPS) is 11.1. The number of amides is 1. The fourth-order valence-electron chi connectivity index (χ4n) is 3.25. The second-order valence-corrected chi connectivity index (χ2v) is 7.24. The predicted molar refractivity (Wildman–Crippen MR) is 107 cm³/mol. The zero-order valence-corrected chi connectivity index (χ0v) is 16.6. The van der Waals surface area contributed by atoms with Crippen molar-refractivity contribution in [2.24, 2.45) is 0 Å². The summed E-state index contributed by atoms with van der Waals surface area (Å²) in [5.74, 6) is 0.569. The van der Waals surface area contributed by atoms with Crippen LogP contribution in [0, 0.1) is 13.8 Å². The van der Waals surface area contributed by atoms with Gasteiger partial charge in [-0.05, 0) is 56.3 Å². The van der Waals surface area contributed by atoms with E-state index in [9.17, 15) is 4.79 Å². The van der Waals surface area contributed by atoms with Crippen LogP contribution in [-0.2, 0) is 6.54 Å². The van der Waals surface area contributed by atoms with Gasteiger partial charge in [-0.1, -0.05) is 22.0 Å². The molecule has 4 rings (SSSR count). The van der Waals surface area contributed by atoms with Crippen molar-refractivity contribution >= 4 is 27.5 Å². The number of halogens is 1. The van der Waals surface area contributed by atoms with Gasteiger partial charge in [-0.3, -0.25) is 9.20 Å². The summed E-state index contributed by atoms with van der Waals surface area (Å²) in [4.78, 5) is 12.8. The smallest absolute Gasteiger partial charge is 0.253 e. The Morgan fingerprint density at radius 3 is 2.67 bits per heavy atom. The molecule has 136 valence electrons. The molecule has 0 bridgehead atoms. The minimum absolute atomic E-state index is 0.126. The van der Waals surface area contributed by atoms with Crippen LogP contribution in [0.15, 0.2) is 59.2 Å². The highest BCUT2D eigenvalue weighted by Crippen LogP contribution is 2.22. The molecule has 1 aromatic carbocycles. The highest BCUT2D eigenvalue weighted by Gasteiger charge is 2.17. The molecule has 0 spiro atoms. The Bertz CT molecular complexity index is 1130. The van der Waals surface area contributed by atoms with Gasteiger partial charge in [0.1, 0.15) is 0 Å². The van der Waals surface area contributed by atoms with E-state index < -0.39 is 0 Å². The van der Waals surface area contributed by atoms with Crippen LogP contribution in [0.1, 0.15) is 27.6 Å². The van der Waals surface area contributed by atoms with E-state index in [2.05, 4.69) is 36.0 Å². The molecule has 0 fully saturated rings. The van der Waals surface area contributed by atoms with Gasteiger partial charge in [0.05, 0.1) is 12.1 Å². The van der Waals surface area contributed by atoms with Gasteiger partial charge in [0.15, 0.2) is 11.5 Å². The van der Waals surface area contributed by atoms with E-state index in [0.29, 0.717) is 17.9 Å². The fraction of sp³-hybridized carbons (Fsp3) is 0.150. The topological polar surface area (TPSA) is 64.2 Å². The van der Waals surface area contributed by atoms with Crippen LogP contribution in [0.2, 0.25) is 0 Å². The molecule has 27 heavy (non-hydrogen) atoms. The zero-order valence-electron chi connectivity index (χ0n) is 15.0. The summed E-state index contributed by atoms with van der Waals surface area (Å²) in [6.45, 7) is 4.26. The average Bonchev–Trinajstić information content (AvgIpc) is 3.21. The van der Waals surface area contributed by atoms with E-state index in [-0.39, 0.29) is 5.91 Å². The first-order chi connectivity index (χ1) is 13.0. The third-order valence-corrected chi connectivity index (χ3v) is 5.08. The average molecular weight is 424 g/mol. The van der Waals surface area contributed by atoms with Gasteiger partial charge in [-0.2, -0.15) is 0 Å². The van der Waals surface area contributed by atoms with Crippen molar-refractivity contribution in [1.29, 1.82) is 0 Å². The molecule has 6 nitrogen and oxygen atoms in total. The van der Waals surface area contributed by atoms with Gasteiger partial charge < -0.3 is 9.88 Å². The number of hydrogen-bond acceptors (Lipinski definition) is 3. The van der Waals surface area contributed by atoms with Crippen molar-refractivity contribution in [3.05, 3.63) is 82.0 Å². The number of carbonyl (C=O) groups excluding carboxylic acids is 1. The van der Waals surface area contributed by atoms with Crippen LogP contribution in [0.25, 0.3) is 11.3 Å². The molecular formula is C20H18BrN5O. The third kappa shape index (κ3) is 3.26. The summed E-state index contributed by atoms with van der Waals surface area (Å²) >= 11 is 3.45. The van der Waals surface area contributed by atoms with Crippen molar-refractivity contribution in [3.8, 4) is 5.69 Å². The second-order valence-electron chi connectivity index (χ2n) is 6.32. The van der Waals surface area contributed by atoms with Crippen LogP contribution in [0.3, 0.4) is 0 Å². The molecule has 3 heterocycles. The van der Waals surface area contributed by atoms with Crippen LogP contribution in [-0.4, -0.2) is 25.1 Å². The number of fused-ring (bicyclic) bond motifs is 1. The number of hydrogen-bond donors (Lipinski definition) is 1. The molecule has 0 aliphatic heterocycles. The first-order valence-electron chi connectivity index (χ1n) is 8.56. The van der Waals surface area contributed by atoms with E-state index in [1.807, 2.05) is 73.0 Å². The molecule has 1 amide bonds. The molecule has 0 atom stereocenters. The Morgan fingerprint density at radius 2 is 1.89 bits per heavy atom. The lowest BCUT2D eigenvalue weighted by molar-refractivity contribution is 0.0949. The van der Waals surface area contributed by atoms with Crippen LogP contribution < -0.4 is 5.32 Å². The van der Waals surface area contributed by atoms with Crippen LogP contribution >= 0.6 is 15.9 Å². The van der Waals surface area contributed by atoms with E-state index in [0.717, 1.165) is 27.2 Å². The standard InChI is InChI=1S/C20H18BrN5O/c1-13-11-17(14(2)26(13)16-8-6-15(21)7-9-16)20(27)22-12-19-24-23-18-5-3-4-10-25(18)19/h3-11H,12H2,1-2H3,(H,22,27). The quantitative estimate of drug-likeness (QED) is 0.542. The Hall–Kier alpha value is -2.93. The largest absolute Gasteiger partial charge is 0.345 e. The first kappa shape index (κ1) is 17.5. The lowest BCUT2D eigenvalue weighted by Crippen LogP contribution is -2.24. The third-order valence-electron chi connectivity index (χ3n) is 4.55. The van der Waals surface area contributed by atoms with Crippen molar-refractivity contribution < 1.29 is 4.79 Å². The number of aromatic nitrogens is 4. The SMILES string of the molecule is Cc1cc(C(=O)NCc2nnc3ccccn23)c(C)n1-c1ccc(Br)cc1. The van der Waals surface area contributed by atoms with Gasteiger partial charge in [0, 0.05) is 27.7 Å².